The van der Waals surface area contributed by atoms with E-state index in [4.69, 9.17) is 0 Å². The van der Waals surface area contributed by atoms with Crippen LogP contribution >= 0.6 is 0 Å². The lowest BCUT2D eigenvalue weighted by Gasteiger charge is -2.69. The Balaban J connectivity index is 1.65. The molecule has 0 aromatic rings. The van der Waals surface area contributed by atoms with Gasteiger partial charge in [-0.1, -0.05) is 46.3 Å². The van der Waals surface area contributed by atoms with Crippen molar-refractivity contribution in [3.05, 3.63) is 11.6 Å². The minimum atomic E-state index is -0.838. The predicted octanol–water partition coefficient (Wildman–Crippen LogP) is 6.50. The van der Waals surface area contributed by atoms with Gasteiger partial charge in [-0.15, -0.1) is 0 Å². The van der Waals surface area contributed by atoms with Crippen molar-refractivity contribution < 1.29 is 15.3 Å². The summed E-state index contributed by atoms with van der Waals surface area (Å²) < 4.78 is 0. The molecule has 0 bridgehead atoms. The van der Waals surface area contributed by atoms with Crippen LogP contribution in [0, 0.1) is 45.3 Å². The first-order valence-electron chi connectivity index (χ1n) is 13.8. The Hall–Kier alpha value is -0.380. The summed E-state index contributed by atoms with van der Waals surface area (Å²) >= 11 is 0. The fraction of sp³-hybridized carbons (Fsp3) is 0.933. The topological polar surface area (TPSA) is 60.7 Å². The van der Waals surface area contributed by atoms with Crippen LogP contribution < -0.4 is 0 Å². The molecule has 33 heavy (non-hydrogen) atoms. The molecule has 4 aliphatic carbocycles. The molecular weight excluding hydrogens is 408 g/mol. The van der Waals surface area contributed by atoms with E-state index in [-0.39, 0.29) is 33.7 Å². The average molecular weight is 461 g/mol. The quantitative estimate of drug-likeness (QED) is 0.420. The van der Waals surface area contributed by atoms with E-state index in [1.807, 2.05) is 6.92 Å². The molecular formula is C30H52O3. The summed E-state index contributed by atoms with van der Waals surface area (Å²) in [6.45, 7) is 18.4. The van der Waals surface area contributed by atoms with Gasteiger partial charge in [-0.3, -0.25) is 0 Å². The third kappa shape index (κ3) is 3.61. The third-order valence-corrected chi connectivity index (χ3v) is 12.3. The second-order valence-corrected chi connectivity index (χ2v) is 14.5. The Morgan fingerprint density at radius 3 is 2.21 bits per heavy atom. The van der Waals surface area contributed by atoms with Crippen molar-refractivity contribution in [1.29, 1.82) is 0 Å². The van der Waals surface area contributed by atoms with Crippen LogP contribution in [-0.2, 0) is 0 Å². The molecule has 0 amide bonds. The standard InChI is InChI=1S/C30H52O3/c1-19(2)10-9-15-30(8,33)25-20-11-12-23-27(5)16-14-24(32)26(3,4)22(27)13-17-28(23,6)29(20,7)18-21(25)31/h10,20-25,31-33H,9,11-18H2,1-8H3/t20-,21+,22+,23-,24+,25-,27+,28-,29-,30-/m1/s1. The summed E-state index contributed by atoms with van der Waals surface area (Å²) in [5, 5.41) is 33.9. The van der Waals surface area contributed by atoms with Gasteiger partial charge in [-0.2, -0.15) is 0 Å². The second kappa shape index (κ2) is 8.07. The van der Waals surface area contributed by atoms with Crippen molar-refractivity contribution in [2.24, 2.45) is 45.3 Å². The van der Waals surface area contributed by atoms with Crippen molar-refractivity contribution in [3.63, 3.8) is 0 Å². The van der Waals surface area contributed by atoms with E-state index >= 15 is 0 Å². The highest BCUT2D eigenvalue weighted by molar-refractivity contribution is 5.19. The van der Waals surface area contributed by atoms with Crippen molar-refractivity contribution in [3.8, 4) is 0 Å². The van der Waals surface area contributed by atoms with Gasteiger partial charge in [-0.05, 0) is 118 Å². The van der Waals surface area contributed by atoms with Crippen molar-refractivity contribution in [2.75, 3.05) is 0 Å². The largest absolute Gasteiger partial charge is 0.393 e. The third-order valence-electron chi connectivity index (χ3n) is 12.3. The molecule has 0 saturated heterocycles. The van der Waals surface area contributed by atoms with Gasteiger partial charge in [-0.25, -0.2) is 0 Å². The molecule has 10 atom stereocenters. The highest BCUT2D eigenvalue weighted by Crippen LogP contribution is 2.75. The van der Waals surface area contributed by atoms with Gasteiger partial charge in [0.2, 0.25) is 0 Å². The number of aliphatic hydroxyl groups is 3. The van der Waals surface area contributed by atoms with Crippen molar-refractivity contribution in [1.82, 2.24) is 0 Å². The van der Waals surface area contributed by atoms with E-state index in [0.29, 0.717) is 17.8 Å². The Labute approximate surface area is 203 Å². The molecule has 0 aromatic carbocycles. The molecule has 0 aromatic heterocycles. The maximum absolute atomic E-state index is 11.6. The molecule has 3 N–H and O–H groups in total. The molecule has 4 aliphatic rings. The van der Waals surface area contributed by atoms with Gasteiger partial charge in [0.05, 0.1) is 17.8 Å². The van der Waals surface area contributed by atoms with Crippen molar-refractivity contribution >= 4 is 0 Å². The number of allylic oxidation sites excluding steroid dienone is 2. The number of rotatable bonds is 4. The number of hydrogen-bond donors (Lipinski definition) is 3. The number of fused-ring (bicyclic) bond motifs is 5. The molecule has 4 saturated carbocycles. The van der Waals surface area contributed by atoms with Gasteiger partial charge < -0.3 is 15.3 Å². The molecule has 4 fully saturated rings. The summed E-state index contributed by atoms with van der Waals surface area (Å²) in [6, 6.07) is 0. The van der Waals surface area contributed by atoms with Crippen LogP contribution in [0.4, 0.5) is 0 Å². The highest BCUT2D eigenvalue weighted by atomic mass is 16.3. The van der Waals surface area contributed by atoms with E-state index in [9.17, 15) is 15.3 Å². The molecule has 0 radical (unpaired) electrons. The second-order valence-electron chi connectivity index (χ2n) is 14.5. The smallest absolute Gasteiger partial charge is 0.0678 e. The van der Waals surface area contributed by atoms with Gasteiger partial charge in [0.1, 0.15) is 0 Å². The zero-order chi connectivity index (χ0) is 24.6. The number of hydrogen-bond acceptors (Lipinski definition) is 3. The fourth-order valence-corrected chi connectivity index (χ4v) is 10.4. The van der Waals surface area contributed by atoms with Crippen LogP contribution in [0.2, 0.25) is 0 Å². The van der Waals surface area contributed by atoms with Gasteiger partial charge in [0.25, 0.3) is 0 Å². The molecule has 0 spiro atoms. The van der Waals surface area contributed by atoms with Crippen LogP contribution in [0.3, 0.4) is 0 Å². The average Bonchev–Trinajstić information content (AvgIpc) is 2.96. The first-order valence-corrected chi connectivity index (χ1v) is 13.8. The molecule has 0 heterocycles. The minimum absolute atomic E-state index is 0.0294. The van der Waals surface area contributed by atoms with Crippen LogP contribution in [0.5, 0.6) is 0 Å². The monoisotopic (exact) mass is 460 g/mol. The predicted molar refractivity (Wildman–Crippen MR) is 136 cm³/mol. The zero-order valence-corrected chi connectivity index (χ0v) is 22.7. The zero-order valence-electron chi connectivity index (χ0n) is 22.7. The van der Waals surface area contributed by atoms with Gasteiger partial charge in [0, 0.05) is 5.92 Å². The normalized spacial score (nSPS) is 50.5. The Morgan fingerprint density at radius 1 is 0.909 bits per heavy atom. The summed E-state index contributed by atoms with van der Waals surface area (Å²) in [5.74, 6) is 1.51. The Bertz CT molecular complexity index is 779. The lowest BCUT2D eigenvalue weighted by Crippen LogP contribution is -2.64. The summed E-state index contributed by atoms with van der Waals surface area (Å²) in [5.41, 5.74) is 0.896. The van der Waals surface area contributed by atoms with Crippen molar-refractivity contribution in [2.45, 2.75) is 131 Å². The molecule has 4 rings (SSSR count). The van der Waals surface area contributed by atoms with Gasteiger partial charge >= 0.3 is 0 Å². The van der Waals surface area contributed by atoms with E-state index in [1.54, 1.807) is 0 Å². The minimum Gasteiger partial charge on any atom is -0.393 e. The molecule has 3 nitrogen and oxygen atoms in total. The van der Waals surface area contributed by atoms with Crippen LogP contribution in [0.15, 0.2) is 11.6 Å². The summed E-state index contributed by atoms with van der Waals surface area (Å²) in [7, 11) is 0. The molecule has 3 heteroatoms. The molecule has 0 unspecified atom stereocenters. The molecule has 190 valence electrons. The Kier molecular flexibility index (Phi) is 6.28. The fourth-order valence-electron chi connectivity index (χ4n) is 10.4. The van der Waals surface area contributed by atoms with Crippen LogP contribution in [0.25, 0.3) is 0 Å². The SMILES string of the molecule is CC(C)=CCC[C@@](C)(O)[C@@H]1[C@H]2CC[C@@H]3[C@@]4(C)CC[C@H](O)C(C)(C)[C@@H]4CC[C@@]3(C)[C@]2(C)C[C@@H]1O. The van der Waals surface area contributed by atoms with E-state index < -0.39 is 11.7 Å². The van der Waals surface area contributed by atoms with E-state index in [2.05, 4.69) is 54.5 Å². The lowest BCUT2D eigenvalue weighted by molar-refractivity contribution is -0.225. The van der Waals surface area contributed by atoms with Crippen LogP contribution in [-0.4, -0.2) is 33.1 Å². The van der Waals surface area contributed by atoms with Crippen LogP contribution in [0.1, 0.15) is 113 Å². The summed E-state index contributed by atoms with van der Waals surface area (Å²) in [6.07, 6.45) is 10.7. The first kappa shape index (κ1) is 25.7. The molecule has 0 aliphatic heterocycles. The first-order chi connectivity index (χ1) is 15.1. The van der Waals surface area contributed by atoms with E-state index in [0.717, 1.165) is 38.5 Å². The summed E-state index contributed by atoms with van der Waals surface area (Å²) in [4.78, 5) is 0. The van der Waals surface area contributed by atoms with Gasteiger partial charge in [0.15, 0.2) is 0 Å². The lowest BCUT2D eigenvalue weighted by atomic mass is 9.35. The Morgan fingerprint density at radius 2 is 1.58 bits per heavy atom. The van der Waals surface area contributed by atoms with E-state index in [1.165, 1.54) is 24.8 Å². The highest BCUT2D eigenvalue weighted by Gasteiger charge is 2.70. The maximum atomic E-state index is 11.6. The maximum Gasteiger partial charge on any atom is 0.0678 e. The number of aliphatic hydroxyl groups excluding tert-OH is 2.